The quantitative estimate of drug-likeness (QED) is 0.478. The second-order valence-electron chi connectivity index (χ2n) is 7.73. The van der Waals surface area contributed by atoms with E-state index in [2.05, 4.69) is 53.4 Å². The number of methoxy groups -OCH3 is 2. The Morgan fingerprint density at radius 1 is 1.16 bits per heavy atom. The van der Waals surface area contributed by atoms with Gasteiger partial charge in [0.15, 0.2) is 5.96 Å². The molecule has 0 amide bonds. The van der Waals surface area contributed by atoms with Gasteiger partial charge in [0.1, 0.15) is 11.5 Å². The molecule has 1 aromatic heterocycles. The van der Waals surface area contributed by atoms with Crippen LogP contribution in [0.4, 0.5) is 5.69 Å². The number of guanidine groups is 1. The zero-order valence-electron chi connectivity index (χ0n) is 19.3. The third-order valence-corrected chi connectivity index (χ3v) is 6.62. The van der Waals surface area contributed by atoms with Gasteiger partial charge in [-0.3, -0.25) is 4.99 Å². The minimum atomic E-state index is 0.411. The predicted molar refractivity (Wildman–Crippen MR) is 129 cm³/mol. The van der Waals surface area contributed by atoms with Crippen molar-refractivity contribution in [2.45, 2.75) is 46.1 Å². The van der Waals surface area contributed by atoms with Crippen molar-refractivity contribution in [2.75, 3.05) is 45.3 Å². The van der Waals surface area contributed by atoms with Crippen LogP contribution in [-0.4, -0.2) is 57.4 Å². The molecule has 31 heavy (non-hydrogen) atoms. The molecule has 7 nitrogen and oxygen atoms in total. The Hall–Kier alpha value is -2.48. The number of nitrogens with one attached hydrogen (secondary N) is 2. The van der Waals surface area contributed by atoms with E-state index in [1.54, 1.807) is 25.6 Å². The number of aryl methyl sites for hydroxylation is 2. The number of hydrogen-bond acceptors (Lipinski definition) is 6. The van der Waals surface area contributed by atoms with E-state index in [4.69, 9.17) is 14.5 Å². The average Bonchev–Trinajstić information content (AvgIpc) is 3.10. The number of nitrogens with zero attached hydrogens (tertiary/aromatic N) is 3. The number of rotatable bonds is 8. The van der Waals surface area contributed by atoms with E-state index < -0.39 is 0 Å². The van der Waals surface area contributed by atoms with Gasteiger partial charge in [0, 0.05) is 67.4 Å². The number of aliphatic imine (C=N–C) groups is 1. The van der Waals surface area contributed by atoms with Crippen LogP contribution in [0.15, 0.2) is 23.2 Å². The molecule has 170 valence electrons. The molecule has 3 rings (SSSR count). The van der Waals surface area contributed by atoms with Crippen LogP contribution >= 0.6 is 11.3 Å². The molecule has 1 saturated heterocycles. The maximum Gasteiger partial charge on any atom is 0.191 e. The lowest BCUT2D eigenvalue weighted by molar-refractivity contribution is 0.393. The van der Waals surface area contributed by atoms with E-state index in [1.807, 2.05) is 6.07 Å². The molecule has 8 heteroatoms. The molecule has 2 aromatic rings. The molecule has 0 atom stereocenters. The average molecular weight is 446 g/mol. The minimum absolute atomic E-state index is 0.411. The van der Waals surface area contributed by atoms with E-state index in [-0.39, 0.29) is 0 Å². The molecule has 0 aliphatic carbocycles. The summed E-state index contributed by atoms with van der Waals surface area (Å²) in [7, 11) is 3.38. The number of anilines is 1. The lowest BCUT2D eigenvalue weighted by Gasteiger charge is -2.34. The Morgan fingerprint density at radius 2 is 1.84 bits per heavy atom. The van der Waals surface area contributed by atoms with Crippen LogP contribution in [0.5, 0.6) is 11.5 Å². The van der Waals surface area contributed by atoms with E-state index in [0.717, 1.165) is 79.3 Å². The second-order valence-corrected chi connectivity index (χ2v) is 9.02. The van der Waals surface area contributed by atoms with Gasteiger partial charge in [-0.15, -0.1) is 11.3 Å². The lowest BCUT2D eigenvalue weighted by atomic mass is 10.0. The number of hydrogen-bond donors (Lipinski definition) is 2. The number of ether oxygens (including phenoxy) is 2. The largest absolute Gasteiger partial charge is 0.497 e. The fraction of sp³-hybridized carbons (Fsp3) is 0.565. The highest BCUT2D eigenvalue weighted by molar-refractivity contribution is 7.11. The Labute approximate surface area is 189 Å². The number of aromatic nitrogens is 1. The number of piperidine rings is 1. The second kappa shape index (κ2) is 11.2. The molecule has 1 aliphatic rings. The predicted octanol–water partition coefficient (Wildman–Crippen LogP) is 3.54. The van der Waals surface area contributed by atoms with Crippen LogP contribution in [0.1, 0.15) is 35.3 Å². The van der Waals surface area contributed by atoms with Crippen molar-refractivity contribution in [3.05, 3.63) is 33.8 Å². The van der Waals surface area contributed by atoms with Crippen molar-refractivity contribution in [1.29, 1.82) is 0 Å². The summed E-state index contributed by atoms with van der Waals surface area (Å²) in [6, 6.07) is 6.47. The van der Waals surface area contributed by atoms with Gasteiger partial charge in [0.2, 0.25) is 0 Å². The first-order chi connectivity index (χ1) is 15.0. The molecule has 0 bridgehead atoms. The fourth-order valence-electron chi connectivity index (χ4n) is 3.85. The third kappa shape index (κ3) is 6.50. The van der Waals surface area contributed by atoms with Crippen LogP contribution < -0.4 is 25.0 Å². The topological polar surface area (TPSA) is 71.0 Å². The first-order valence-corrected chi connectivity index (χ1v) is 11.8. The van der Waals surface area contributed by atoms with Crippen molar-refractivity contribution in [3.63, 3.8) is 0 Å². The fourth-order valence-corrected chi connectivity index (χ4v) is 4.77. The highest BCUT2D eigenvalue weighted by Gasteiger charge is 2.21. The lowest BCUT2D eigenvalue weighted by Crippen LogP contribution is -2.48. The standard InChI is InChI=1S/C23H35N5O2S/c1-6-24-23(25-10-7-22-16(2)26-17(3)31-22)27-18-8-11-28(12-9-18)19-13-20(29-4)15-21(14-19)30-5/h13-15,18H,6-12H2,1-5H3,(H2,24,25,27). The van der Waals surface area contributed by atoms with Gasteiger partial charge in [-0.1, -0.05) is 0 Å². The Balaban J connectivity index is 1.54. The summed E-state index contributed by atoms with van der Waals surface area (Å²) in [4.78, 5) is 13.0. The molecule has 0 saturated carbocycles. The van der Waals surface area contributed by atoms with Crippen molar-refractivity contribution in [3.8, 4) is 11.5 Å². The number of thiazole rings is 1. The molecule has 1 fully saturated rings. The van der Waals surface area contributed by atoms with E-state index in [1.165, 1.54) is 4.88 Å². The molecular formula is C23H35N5O2S. The first kappa shape index (κ1) is 23.2. The zero-order chi connectivity index (χ0) is 22.2. The molecule has 0 unspecified atom stereocenters. The highest BCUT2D eigenvalue weighted by Crippen LogP contribution is 2.30. The summed E-state index contributed by atoms with van der Waals surface area (Å²) in [5.41, 5.74) is 2.28. The SMILES string of the molecule is CCNC(=NCCc1sc(C)nc1C)NC1CCN(c2cc(OC)cc(OC)c2)CC1. The van der Waals surface area contributed by atoms with Crippen LogP contribution in [0.2, 0.25) is 0 Å². The minimum Gasteiger partial charge on any atom is -0.497 e. The Kier molecular flexibility index (Phi) is 8.40. The molecular weight excluding hydrogens is 410 g/mol. The molecule has 0 spiro atoms. The van der Waals surface area contributed by atoms with Crippen molar-refractivity contribution in [2.24, 2.45) is 4.99 Å². The summed E-state index contributed by atoms with van der Waals surface area (Å²) in [5.74, 6) is 2.55. The molecule has 2 N–H and O–H groups in total. The molecule has 0 radical (unpaired) electrons. The van der Waals surface area contributed by atoms with Gasteiger partial charge >= 0.3 is 0 Å². The third-order valence-electron chi connectivity index (χ3n) is 5.49. The monoisotopic (exact) mass is 445 g/mol. The molecule has 2 heterocycles. The van der Waals surface area contributed by atoms with Crippen molar-refractivity contribution in [1.82, 2.24) is 15.6 Å². The summed E-state index contributed by atoms with van der Waals surface area (Å²) in [6.07, 6.45) is 3.04. The smallest absolute Gasteiger partial charge is 0.191 e. The van der Waals surface area contributed by atoms with E-state index in [9.17, 15) is 0 Å². The van der Waals surface area contributed by atoms with Gasteiger partial charge in [0.05, 0.1) is 24.9 Å². The summed E-state index contributed by atoms with van der Waals surface area (Å²) >= 11 is 1.77. The first-order valence-electron chi connectivity index (χ1n) is 11.0. The van der Waals surface area contributed by atoms with E-state index in [0.29, 0.717) is 6.04 Å². The van der Waals surface area contributed by atoms with Gasteiger partial charge in [0.25, 0.3) is 0 Å². The van der Waals surface area contributed by atoms with Crippen LogP contribution in [-0.2, 0) is 6.42 Å². The highest BCUT2D eigenvalue weighted by atomic mass is 32.1. The maximum absolute atomic E-state index is 5.42. The van der Waals surface area contributed by atoms with Crippen molar-refractivity contribution >= 4 is 23.0 Å². The van der Waals surface area contributed by atoms with Gasteiger partial charge < -0.3 is 25.0 Å². The molecule has 1 aliphatic heterocycles. The molecule has 1 aromatic carbocycles. The van der Waals surface area contributed by atoms with Crippen LogP contribution in [0, 0.1) is 13.8 Å². The normalized spacial score (nSPS) is 15.1. The van der Waals surface area contributed by atoms with Crippen molar-refractivity contribution < 1.29 is 9.47 Å². The Bertz CT molecular complexity index is 853. The van der Waals surface area contributed by atoms with Crippen LogP contribution in [0.25, 0.3) is 0 Å². The number of benzene rings is 1. The summed E-state index contributed by atoms with van der Waals surface area (Å²) < 4.78 is 10.8. The van der Waals surface area contributed by atoms with Crippen LogP contribution in [0.3, 0.4) is 0 Å². The maximum atomic E-state index is 5.42. The zero-order valence-corrected chi connectivity index (χ0v) is 20.1. The van der Waals surface area contributed by atoms with Gasteiger partial charge in [-0.2, -0.15) is 0 Å². The summed E-state index contributed by atoms with van der Waals surface area (Å²) in [6.45, 7) is 9.82. The van der Waals surface area contributed by atoms with E-state index >= 15 is 0 Å². The van der Waals surface area contributed by atoms with Gasteiger partial charge in [-0.05, 0) is 33.6 Å². The van der Waals surface area contributed by atoms with Gasteiger partial charge in [-0.25, -0.2) is 4.98 Å². The summed E-state index contributed by atoms with van der Waals surface area (Å²) in [5, 5.41) is 8.15. The Morgan fingerprint density at radius 3 is 2.39 bits per heavy atom.